The second-order valence-electron chi connectivity index (χ2n) is 8.52. The number of pyridine rings is 1. The van der Waals surface area contributed by atoms with Crippen LogP contribution in [0.25, 0.3) is 0 Å². The van der Waals surface area contributed by atoms with Crippen LogP contribution < -0.4 is 16.0 Å². The van der Waals surface area contributed by atoms with Crippen LogP contribution in [0.2, 0.25) is 10.0 Å². The third-order valence-corrected chi connectivity index (χ3v) is 7.00. The van der Waals surface area contributed by atoms with Crippen molar-refractivity contribution in [2.24, 2.45) is 0 Å². The van der Waals surface area contributed by atoms with E-state index < -0.39 is 5.91 Å². The zero-order valence-corrected chi connectivity index (χ0v) is 22.8. The summed E-state index contributed by atoms with van der Waals surface area (Å²) in [5, 5.41) is 17.8. The number of piperidine rings is 1. The molecule has 1 aliphatic heterocycles. The molecule has 1 fully saturated rings. The Labute approximate surface area is 231 Å². The Balaban J connectivity index is 1.61. The number of nitrogens with one attached hydrogen (secondary N) is 4. The number of nitrogens with zero attached hydrogens (tertiary/aromatic N) is 2. The van der Waals surface area contributed by atoms with E-state index in [4.69, 9.17) is 40.2 Å². The largest absolute Gasteiger partial charge is 0.377 e. The number of carbonyl (C=O) groups excluding carboxylic acids is 2. The van der Waals surface area contributed by atoms with Gasteiger partial charge in [-0.3, -0.25) is 20.0 Å². The molecule has 1 saturated heterocycles. The van der Waals surface area contributed by atoms with Crippen molar-refractivity contribution in [3.05, 3.63) is 87.1 Å². The van der Waals surface area contributed by atoms with Gasteiger partial charge in [0, 0.05) is 43.6 Å². The van der Waals surface area contributed by atoms with Crippen molar-refractivity contribution < 1.29 is 9.59 Å². The molecule has 4 N–H and O–H groups in total. The normalized spacial score (nSPS) is 15.1. The number of aromatic nitrogens is 1. The molecule has 11 heteroatoms. The van der Waals surface area contributed by atoms with Gasteiger partial charge in [-0.25, -0.2) is 0 Å². The molecule has 2 heterocycles. The van der Waals surface area contributed by atoms with E-state index in [1.54, 1.807) is 61.5 Å². The zero-order chi connectivity index (χ0) is 26.9. The summed E-state index contributed by atoms with van der Waals surface area (Å²) in [5.74, 6) is -0.00258. The van der Waals surface area contributed by atoms with Crippen LogP contribution in [-0.4, -0.2) is 46.0 Å². The fourth-order valence-corrected chi connectivity index (χ4v) is 4.22. The number of benzene rings is 1. The van der Waals surface area contributed by atoms with Crippen molar-refractivity contribution >= 4 is 51.8 Å². The molecule has 8 nitrogen and oxygen atoms in total. The van der Waals surface area contributed by atoms with Gasteiger partial charge in [0.15, 0.2) is 0 Å². The van der Waals surface area contributed by atoms with Crippen LogP contribution in [0.1, 0.15) is 42.6 Å². The molecule has 2 amide bonds. The topological polar surface area (TPSA) is 110 Å². The van der Waals surface area contributed by atoms with Gasteiger partial charge < -0.3 is 20.9 Å². The Morgan fingerprint density at radius 2 is 1.92 bits per heavy atom. The summed E-state index contributed by atoms with van der Waals surface area (Å²) in [5.41, 5.74) is 1.98. The summed E-state index contributed by atoms with van der Waals surface area (Å²) in [6.07, 6.45) is 6.19. The molecule has 0 unspecified atom stereocenters. The van der Waals surface area contributed by atoms with E-state index in [1.165, 1.54) is 0 Å². The SMILES string of the molecule is C/C=C(\NCc1ccc(Cl)c(Cl)c1)NC(=O)/C(NC1CCN(C(=O)c2cccnc2)CC1)=C(\C)C(=N)Cl. The number of amides is 2. The number of allylic oxidation sites excluding steroid dienone is 2. The fourth-order valence-electron chi connectivity index (χ4n) is 3.81. The lowest BCUT2D eigenvalue weighted by molar-refractivity contribution is -0.117. The van der Waals surface area contributed by atoms with E-state index in [2.05, 4.69) is 20.9 Å². The molecule has 1 aromatic heterocycles. The first-order chi connectivity index (χ1) is 17.7. The molecule has 37 heavy (non-hydrogen) atoms. The zero-order valence-electron chi connectivity index (χ0n) is 20.6. The monoisotopic (exact) mass is 562 g/mol. The molecule has 0 aliphatic carbocycles. The number of likely N-dealkylation sites (tertiary alicyclic amines) is 1. The molecular formula is C26H29Cl3N6O2. The van der Waals surface area contributed by atoms with Gasteiger partial charge in [-0.05, 0) is 62.6 Å². The number of halogens is 3. The van der Waals surface area contributed by atoms with Gasteiger partial charge >= 0.3 is 0 Å². The predicted molar refractivity (Wildman–Crippen MR) is 148 cm³/mol. The van der Waals surface area contributed by atoms with Crippen molar-refractivity contribution in [2.45, 2.75) is 39.3 Å². The summed E-state index contributed by atoms with van der Waals surface area (Å²) in [6, 6.07) is 8.72. The second-order valence-corrected chi connectivity index (χ2v) is 9.72. The van der Waals surface area contributed by atoms with E-state index in [0.29, 0.717) is 59.5 Å². The third kappa shape index (κ3) is 7.95. The Morgan fingerprint density at radius 3 is 2.51 bits per heavy atom. The highest BCUT2D eigenvalue weighted by molar-refractivity contribution is 6.68. The summed E-state index contributed by atoms with van der Waals surface area (Å²) < 4.78 is 0. The van der Waals surface area contributed by atoms with Crippen molar-refractivity contribution in [1.29, 1.82) is 5.41 Å². The second kappa shape index (κ2) is 13.5. The molecule has 0 radical (unpaired) electrons. The summed E-state index contributed by atoms with van der Waals surface area (Å²) >= 11 is 18.0. The highest BCUT2D eigenvalue weighted by Crippen LogP contribution is 2.22. The van der Waals surface area contributed by atoms with Gasteiger partial charge in [0.2, 0.25) is 0 Å². The average molecular weight is 564 g/mol. The molecule has 1 aromatic carbocycles. The Morgan fingerprint density at radius 1 is 1.19 bits per heavy atom. The lowest BCUT2D eigenvalue weighted by Gasteiger charge is -2.33. The standard InChI is InChI=1S/C26H29Cl3N6O2/c1-3-22(32-14-17-6-7-20(27)21(28)13-17)34-25(36)23(16(2)24(29)30)33-19-8-11-35(12-9-19)26(37)18-5-4-10-31-15-18/h3-7,10,13,15,19,30,32-33H,8-9,11-12,14H2,1-2H3,(H,34,36)/b22-3+,23-16-,30-24?. The van der Waals surface area contributed by atoms with E-state index in [1.807, 2.05) is 6.07 Å². The maximum Gasteiger partial charge on any atom is 0.273 e. The van der Waals surface area contributed by atoms with Gasteiger partial charge in [-0.2, -0.15) is 0 Å². The summed E-state index contributed by atoms with van der Waals surface area (Å²) in [6.45, 7) is 4.89. The lowest BCUT2D eigenvalue weighted by atomic mass is 10.0. The van der Waals surface area contributed by atoms with Gasteiger partial charge in [0.1, 0.15) is 16.7 Å². The molecule has 1 aliphatic rings. The molecule has 0 atom stereocenters. The Hall–Kier alpha value is -3.07. The van der Waals surface area contributed by atoms with Gasteiger partial charge in [0.05, 0.1) is 15.6 Å². The Bertz CT molecular complexity index is 1210. The van der Waals surface area contributed by atoms with E-state index >= 15 is 0 Å². The molecule has 3 rings (SSSR count). The van der Waals surface area contributed by atoms with Gasteiger partial charge in [0.25, 0.3) is 11.8 Å². The first kappa shape index (κ1) is 28.5. The number of hydrogen-bond acceptors (Lipinski definition) is 6. The maximum absolute atomic E-state index is 13.2. The number of rotatable bonds is 9. The maximum atomic E-state index is 13.2. The molecule has 0 saturated carbocycles. The van der Waals surface area contributed by atoms with Crippen molar-refractivity contribution in [2.75, 3.05) is 13.1 Å². The molecule has 2 aromatic rings. The number of carbonyl (C=O) groups is 2. The summed E-state index contributed by atoms with van der Waals surface area (Å²) in [7, 11) is 0. The Kier molecular flexibility index (Phi) is 10.4. The van der Waals surface area contributed by atoms with Crippen LogP contribution in [0.5, 0.6) is 0 Å². The van der Waals surface area contributed by atoms with Gasteiger partial charge in [-0.15, -0.1) is 0 Å². The minimum atomic E-state index is -0.425. The van der Waals surface area contributed by atoms with Gasteiger partial charge in [-0.1, -0.05) is 40.9 Å². The molecular weight excluding hydrogens is 535 g/mol. The van der Waals surface area contributed by atoms with E-state index in [-0.39, 0.29) is 22.8 Å². The first-order valence-electron chi connectivity index (χ1n) is 11.8. The molecule has 196 valence electrons. The van der Waals surface area contributed by atoms with Crippen LogP contribution in [0.4, 0.5) is 0 Å². The first-order valence-corrected chi connectivity index (χ1v) is 12.9. The van der Waals surface area contributed by atoms with Crippen molar-refractivity contribution in [3.63, 3.8) is 0 Å². The van der Waals surface area contributed by atoms with Crippen LogP contribution >= 0.6 is 34.8 Å². The highest BCUT2D eigenvalue weighted by atomic mass is 35.5. The van der Waals surface area contributed by atoms with Crippen LogP contribution in [0, 0.1) is 5.41 Å². The quantitative estimate of drug-likeness (QED) is 0.258. The van der Waals surface area contributed by atoms with E-state index in [0.717, 1.165) is 5.56 Å². The van der Waals surface area contributed by atoms with Crippen molar-refractivity contribution in [3.8, 4) is 0 Å². The predicted octanol–water partition coefficient (Wildman–Crippen LogP) is 4.84. The lowest BCUT2D eigenvalue weighted by Crippen LogP contribution is -2.47. The van der Waals surface area contributed by atoms with Crippen LogP contribution in [0.15, 0.2) is 65.9 Å². The van der Waals surface area contributed by atoms with Crippen molar-refractivity contribution in [1.82, 2.24) is 25.8 Å². The number of hydrogen-bond donors (Lipinski definition) is 4. The smallest absolute Gasteiger partial charge is 0.273 e. The van der Waals surface area contributed by atoms with Crippen LogP contribution in [0.3, 0.4) is 0 Å². The minimum absolute atomic E-state index is 0.0652. The van der Waals surface area contributed by atoms with Crippen LogP contribution in [-0.2, 0) is 11.3 Å². The molecule has 0 bridgehead atoms. The van der Waals surface area contributed by atoms with E-state index in [9.17, 15) is 9.59 Å². The summed E-state index contributed by atoms with van der Waals surface area (Å²) in [4.78, 5) is 31.7. The fraction of sp³-hybridized carbons (Fsp3) is 0.308. The third-order valence-electron chi connectivity index (χ3n) is 5.97. The average Bonchev–Trinajstić information content (AvgIpc) is 2.91. The molecule has 0 spiro atoms. The highest BCUT2D eigenvalue weighted by Gasteiger charge is 2.26. The minimum Gasteiger partial charge on any atom is -0.377 e.